The third-order valence-corrected chi connectivity index (χ3v) is 4.57. The van der Waals surface area contributed by atoms with Crippen molar-refractivity contribution in [2.24, 2.45) is 0 Å². The molecule has 0 aromatic heterocycles. The van der Waals surface area contributed by atoms with Crippen molar-refractivity contribution < 1.29 is 9.90 Å². The van der Waals surface area contributed by atoms with E-state index < -0.39 is 0 Å². The van der Waals surface area contributed by atoms with E-state index in [9.17, 15) is 9.90 Å². The van der Waals surface area contributed by atoms with Crippen LogP contribution in [0.2, 0.25) is 0 Å². The second kappa shape index (κ2) is 7.99. The van der Waals surface area contributed by atoms with Crippen molar-refractivity contribution in [2.75, 3.05) is 0 Å². The first kappa shape index (κ1) is 19.7. The van der Waals surface area contributed by atoms with Gasteiger partial charge in [0.05, 0.1) is 5.56 Å². The molecule has 0 heterocycles. The third kappa shape index (κ3) is 4.83. The van der Waals surface area contributed by atoms with Gasteiger partial charge < -0.3 is 5.11 Å². The van der Waals surface area contributed by atoms with E-state index in [-0.39, 0.29) is 16.9 Å². The van der Waals surface area contributed by atoms with Gasteiger partial charge in [-0.15, -0.1) is 0 Å². The van der Waals surface area contributed by atoms with Gasteiger partial charge in [0.15, 0.2) is 5.78 Å². The van der Waals surface area contributed by atoms with Crippen LogP contribution in [-0.4, -0.2) is 10.9 Å². The van der Waals surface area contributed by atoms with Gasteiger partial charge in [0.1, 0.15) is 5.75 Å². The van der Waals surface area contributed by atoms with Crippen LogP contribution < -0.4 is 0 Å². The molecule has 0 amide bonds. The van der Waals surface area contributed by atoms with E-state index in [1.165, 1.54) is 5.56 Å². The molecule has 0 unspecified atom stereocenters. The fraction of sp³-hybridized carbons (Fsp3) is 0.667. The standard InChI is InChI=1S/C21H34O2/c1-8-9-10-11-12-18(22)19-15(4)16(14(2)3)13-17(20(19)23)21(5,6)7/h13-14,23H,8-12H2,1-7H3. The number of aromatic hydroxyl groups is 1. The van der Waals surface area contributed by atoms with Crippen molar-refractivity contribution >= 4 is 5.78 Å². The summed E-state index contributed by atoms with van der Waals surface area (Å²) in [5, 5.41) is 10.8. The number of benzene rings is 1. The lowest BCUT2D eigenvalue weighted by Crippen LogP contribution is -2.16. The summed E-state index contributed by atoms with van der Waals surface area (Å²) in [6, 6.07) is 2.09. The molecular weight excluding hydrogens is 284 g/mol. The Kier molecular flexibility index (Phi) is 6.85. The van der Waals surface area contributed by atoms with E-state index in [2.05, 4.69) is 47.6 Å². The Hall–Kier alpha value is -1.31. The molecule has 0 aliphatic rings. The van der Waals surface area contributed by atoms with Gasteiger partial charge >= 0.3 is 0 Å². The molecule has 0 bridgehead atoms. The maximum atomic E-state index is 12.7. The minimum absolute atomic E-state index is 0.0871. The number of carbonyl (C=O) groups is 1. The van der Waals surface area contributed by atoms with Gasteiger partial charge in [0, 0.05) is 12.0 Å². The molecule has 23 heavy (non-hydrogen) atoms. The van der Waals surface area contributed by atoms with E-state index in [1.807, 2.05) is 6.92 Å². The van der Waals surface area contributed by atoms with Gasteiger partial charge in [-0.25, -0.2) is 0 Å². The number of ketones is 1. The first-order valence-corrected chi connectivity index (χ1v) is 9.01. The number of phenols is 1. The number of carbonyl (C=O) groups excluding carboxylic acids is 1. The number of unbranched alkanes of at least 4 members (excludes halogenated alkanes) is 3. The molecule has 1 rings (SSSR count). The van der Waals surface area contributed by atoms with Gasteiger partial charge in [-0.05, 0) is 35.8 Å². The summed E-state index contributed by atoms with van der Waals surface area (Å²) in [6.07, 6.45) is 4.84. The highest BCUT2D eigenvalue weighted by atomic mass is 16.3. The number of hydrogen-bond acceptors (Lipinski definition) is 2. The number of hydrogen-bond donors (Lipinski definition) is 1. The van der Waals surface area contributed by atoms with Crippen LogP contribution in [0.5, 0.6) is 5.75 Å². The predicted octanol–water partition coefficient (Wildman–Crippen LogP) is 6.27. The summed E-state index contributed by atoms with van der Waals surface area (Å²) in [5.74, 6) is 0.618. The second-order valence-electron chi connectivity index (χ2n) is 8.00. The van der Waals surface area contributed by atoms with Crippen molar-refractivity contribution in [1.29, 1.82) is 0 Å². The summed E-state index contributed by atoms with van der Waals surface area (Å²) in [6.45, 7) is 14.7. The molecule has 0 aliphatic carbocycles. The molecule has 0 radical (unpaired) electrons. The van der Waals surface area contributed by atoms with Crippen molar-refractivity contribution in [1.82, 2.24) is 0 Å². The zero-order valence-corrected chi connectivity index (χ0v) is 16.0. The van der Waals surface area contributed by atoms with Crippen molar-refractivity contribution in [3.63, 3.8) is 0 Å². The molecule has 1 aromatic carbocycles. The third-order valence-electron chi connectivity index (χ3n) is 4.57. The molecular formula is C21H34O2. The molecule has 1 N–H and O–H groups in total. The van der Waals surface area contributed by atoms with Crippen LogP contribution in [-0.2, 0) is 5.41 Å². The molecule has 0 aliphatic heterocycles. The zero-order valence-electron chi connectivity index (χ0n) is 16.0. The summed E-state index contributed by atoms with van der Waals surface area (Å²) in [4.78, 5) is 12.7. The lowest BCUT2D eigenvalue weighted by atomic mass is 9.79. The highest BCUT2D eigenvalue weighted by Gasteiger charge is 2.26. The van der Waals surface area contributed by atoms with Gasteiger partial charge in [-0.2, -0.15) is 0 Å². The molecule has 1 aromatic rings. The van der Waals surface area contributed by atoms with E-state index in [0.717, 1.165) is 36.8 Å². The van der Waals surface area contributed by atoms with Gasteiger partial charge in [-0.1, -0.05) is 66.9 Å². The Labute approximate surface area is 142 Å². The normalized spacial score (nSPS) is 12.0. The Bertz CT molecular complexity index is 548. The largest absolute Gasteiger partial charge is 0.507 e. The minimum atomic E-state index is -0.182. The van der Waals surface area contributed by atoms with E-state index >= 15 is 0 Å². The molecule has 0 fully saturated rings. The fourth-order valence-corrected chi connectivity index (χ4v) is 3.14. The molecule has 0 saturated heterocycles. The summed E-state index contributed by atoms with van der Waals surface area (Å²) in [7, 11) is 0. The van der Waals surface area contributed by atoms with Crippen LogP contribution in [0.1, 0.15) is 107 Å². The number of rotatable bonds is 7. The Morgan fingerprint density at radius 2 is 1.78 bits per heavy atom. The first-order chi connectivity index (χ1) is 10.6. The van der Waals surface area contributed by atoms with Crippen molar-refractivity contribution in [3.8, 4) is 5.75 Å². The van der Waals surface area contributed by atoms with Gasteiger partial charge in [-0.3, -0.25) is 4.79 Å². The number of phenolic OH excluding ortho intramolecular Hbond substituents is 1. The number of Topliss-reactive ketones (excluding diaryl/α,β-unsaturated/α-hetero) is 1. The SMILES string of the molecule is CCCCCCC(=O)c1c(C)c(C(C)C)cc(C(C)(C)C)c1O. The second-order valence-corrected chi connectivity index (χ2v) is 8.00. The van der Waals surface area contributed by atoms with Crippen LogP contribution >= 0.6 is 0 Å². The summed E-state index contributed by atoms with van der Waals surface area (Å²) < 4.78 is 0. The van der Waals surface area contributed by atoms with Crippen LogP contribution in [0.15, 0.2) is 6.07 Å². The predicted molar refractivity (Wildman–Crippen MR) is 98.7 cm³/mol. The lowest BCUT2D eigenvalue weighted by molar-refractivity contribution is 0.0975. The molecule has 130 valence electrons. The average molecular weight is 319 g/mol. The smallest absolute Gasteiger partial charge is 0.166 e. The fourth-order valence-electron chi connectivity index (χ4n) is 3.14. The van der Waals surface area contributed by atoms with Gasteiger partial charge in [0.2, 0.25) is 0 Å². The summed E-state index contributed by atoms with van der Waals surface area (Å²) >= 11 is 0. The van der Waals surface area contributed by atoms with Crippen molar-refractivity contribution in [2.45, 2.75) is 91.9 Å². The Morgan fingerprint density at radius 1 is 1.17 bits per heavy atom. The van der Waals surface area contributed by atoms with Crippen LogP contribution in [0.4, 0.5) is 0 Å². The molecule has 0 spiro atoms. The quantitative estimate of drug-likeness (QED) is 0.475. The van der Waals surface area contributed by atoms with E-state index in [0.29, 0.717) is 17.9 Å². The van der Waals surface area contributed by atoms with Gasteiger partial charge in [0.25, 0.3) is 0 Å². The zero-order chi connectivity index (χ0) is 17.8. The topological polar surface area (TPSA) is 37.3 Å². The maximum Gasteiger partial charge on any atom is 0.166 e. The van der Waals surface area contributed by atoms with E-state index in [1.54, 1.807) is 0 Å². The first-order valence-electron chi connectivity index (χ1n) is 9.01. The maximum absolute atomic E-state index is 12.7. The molecule has 0 atom stereocenters. The summed E-state index contributed by atoms with van der Waals surface area (Å²) in [5.41, 5.74) is 3.37. The van der Waals surface area contributed by atoms with Crippen LogP contribution in [0.25, 0.3) is 0 Å². The minimum Gasteiger partial charge on any atom is -0.507 e. The molecule has 2 heteroatoms. The monoisotopic (exact) mass is 318 g/mol. The van der Waals surface area contributed by atoms with Crippen LogP contribution in [0, 0.1) is 6.92 Å². The van der Waals surface area contributed by atoms with Crippen molar-refractivity contribution in [3.05, 3.63) is 28.3 Å². The average Bonchev–Trinajstić information content (AvgIpc) is 2.42. The Balaban J connectivity index is 3.29. The van der Waals surface area contributed by atoms with E-state index in [4.69, 9.17) is 0 Å². The highest BCUT2D eigenvalue weighted by molar-refractivity contribution is 6.00. The molecule has 0 saturated carbocycles. The Morgan fingerprint density at radius 3 is 2.26 bits per heavy atom. The lowest BCUT2D eigenvalue weighted by Gasteiger charge is -2.26. The molecule has 2 nitrogen and oxygen atoms in total. The van der Waals surface area contributed by atoms with Crippen LogP contribution in [0.3, 0.4) is 0 Å². The highest BCUT2D eigenvalue weighted by Crippen LogP contribution is 2.39.